The quantitative estimate of drug-likeness (QED) is 0.730. The van der Waals surface area contributed by atoms with E-state index in [1.165, 1.54) is 4.88 Å². The van der Waals surface area contributed by atoms with Crippen molar-refractivity contribution >= 4 is 22.9 Å². The second-order valence-electron chi connectivity index (χ2n) is 5.33. The molecule has 0 radical (unpaired) electrons. The molecule has 1 aliphatic heterocycles. The summed E-state index contributed by atoms with van der Waals surface area (Å²) in [4.78, 5) is 13.9. The number of fused-ring (bicyclic) bond motifs is 1. The number of hydrogen-bond acceptors (Lipinski definition) is 3. The van der Waals surface area contributed by atoms with Crippen LogP contribution in [0.4, 0.5) is 5.69 Å². The first-order chi connectivity index (χ1) is 7.38. The molecule has 1 unspecified atom stereocenters. The lowest BCUT2D eigenvalue weighted by atomic mass is 9.94. The van der Waals surface area contributed by atoms with Crippen molar-refractivity contribution in [1.82, 2.24) is 0 Å². The third-order valence-corrected chi connectivity index (χ3v) is 4.49. The Morgan fingerprint density at radius 3 is 2.81 bits per heavy atom. The van der Waals surface area contributed by atoms with E-state index in [-0.39, 0.29) is 17.4 Å². The maximum Gasteiger partial charge on any atom is 0.224 e. The van der Waals surface area contributed by atoms with E-state index in [1.807, 2.05) is 0 Å². The highest BCUT2D eigenvalue weighted by atomic mass is 32.1. The molecule has 16 heavy (non-hydrogen) atoms. The highest BCUT2D eigenvalue weighted by Crippen LogP contribution is 2.40. The Balaban J connectivity index is 2.42. The van der Waals surface area contributed by atoms with Crippen molar-refractivity contribution in [1.29, 1.82) is 0 Å². The van der Waals surface area contributed by atoms with Crippen LogP contribution in [-0.4, -0.2) is 5.91 Å². The number of carbonyl (C=O) groups is 1. The number of anilines is 1. The van der Waals surface area contributed by atoms with Crippen LogP contribution in [0.5, 0.6) is 0 Å². The molecular formula is C12H18N2OS. The molecule has 0 saturated carbocycles. The Labute approximate surface area is 100 Å². The number of carbonyl (C=O) groups excluding carboxylic acids is 1. The van der Waals surface area contributed by atoms with Crippen LogP contribution in [0, 0.1) is 0 Å². The largest absolute Gasteiger partial charge is 0.325 e. The molecule has 1 aromatic rings. The van der Waals surface area contributed by atoms with Crippen LogP contribution in [0.25, 0.3) is 0 Å². The Morgan fingerprint density at radius 2 is 2.19 bits per heavy atom. The van der Waals surface area contributed by atoms with Gasteiger partial charge in [0.1, 0.15) is 0 Å². The lowest BCUT2D eigenvalue weighted by molar-refractivity contribution is -0.116. The lowest BCUT2D eigenvalue weighted by Crippen LogP contribution is -2.11. The first-order valence-electron chi connectivity index (χ1n) is 5.57. The van der Waals surface area contributed by atoms with Crippen LogP contribution in [0.15, 0.2) is 6.07 Å². The van der Waals surface area contributed by atoms with Gasteiger partial charge in [-0.3, -0.25) is 4.79 Å². The van der Waals surface area contributed by atoms with Gasteiger partial charge in [0, 0.05) is 22.2 Å². The van der Waals surface area contributed by atoms with Crippen molar-refractivity contribution in [2.75, 3.05) is 5.32 Å². The predicted octanol–water partition coefficient (Wildman–Crippen LogP) is 2.78. The van der Waals surface area contributed by atoms with Gasteiger partial charge in [-0.25, -0.2) is 0 Å². The summed E-state index contributed by atoms with van der Waals surface area (Å²) in [5.41, 5.74) is 7.12. The minimum Gasteiger partial charge on any atom is -0.325 e. The van der Waals surface area contributed by atoms with E-state index in [0.717, 1.165) is 17.0 Å². The topological polar surface area (TPSA) is 55.1 Å². The normalized spacial score (nSPS) is 21.2. The zero-order chi connectivity index (χ0) is 11.9. The molecule has 0 spiro atoms. The molecule has 3 nitrogen and oxygen atoms in total. The molecule has 1 atom stereocenters. The molecule has 0 aromatic carbocycles. The second-order valence-corrected chi connectivity index (χ2v) is 6.42. The zero-order valence-corrected chi connectivity index (χ0v) is 10.8. The van der Waals surface area contributed by atoms with Gasteiger partial charge in [-0.05, 0) is 17.9 Å². The van der Waals surface area contributed by atoms with Crippen molar-refractivity contribution in [3.05, 3.63) is 15.8 Å². The number of nitrogens with two attached hydrogens (primary N) is 1. The van der Waals surface area contributed by atoms with Crippen LogP contribution in [0.3, 0.4) is 0 Å². The molecule has 4 heteroatoms. The van der Waals surface area contributed by atoms with Crippen molar-refractivity contribution in [3.63, 3.8) is 0 Å². The standard InChI is InChI=1S/C12H18N2OS/c1-12(2,3)9-6-8-11(16-9)7(13)4-5-10(15)14-8/h6-7H,4-5,13H2,1-3H3,(H,14,15). The highest BCUT2D eigenvalue weighted by Gasteiger charge is 2.25. The third-order valence-electron chi connectivity index (χ3n) is 2.79. The fourth-order valence-electron chi connectivity index (χ4n) is 1.78. The maximum absolute atomic E-state index is 11.5. The number of amides is 1. The van der Waals surface area contributed by atoms with Gasteiger partial charge in [-0.1, -0.05) is 20.8 Å². The Morgan fingerprint density at radius 1 is 1.50 bits per heavy atom. The number of thiophene rings is 1. The maximum atomic E-state index is 11.5. The van der Waals surface area contributed by atoms with Crippen LogP contribution in [0.2, 0.25) is 0 Å². The molecule has 0 aliphatic carbocycles. The first kappa shape index (κ1) is 11.6. The molecule has 1 aliphatic rings. The fraction of sp³-hybridized carbons (Fsp3) is 0.583. The van der Waals surface area contributed by atoms with Crippen molar-refractivity contribution in [3.8, 4) is 0 Å². The van der Waals surface area contributed by atoms with E-state index in [4.69, 9.17) is 5.73 Å². The smallest absolute Gasteiger partial charge is 0.224 e. The summed E-state index contributed by atoms with van der Waals surface area (Å²) in [7, 11) is 0. The van der Waals surface area contributed by atoms with Crippen molar-refractivity contribution in [2.45, 2.75) is 45.1 Å². The van der Waals surface area contributed by atoms with Gasteiger partial charge in [0.15, 0.2) is 0 Å². The average Bonchev–Trinajstić information content (AvgIpc) is 2.52. The minimum atomic E-state index is -0.00458. The van der Waals surface area contributed by atoms with Gasteiger partial charge in [0.25, 0.3) is 0 Å². The summed E-state index contributed by atoms with van der Waals surface area (Å²) >= 11 is 1.73. The Bertz CT molecular complexity index is 417. The minimum absolute atomic E-state index is 0.00458. The van der Waals surface area contributed by atoms with Gasteiger partial charge < -0.3 is 11.1 Å². The monoisotopic (exact) mass is 238 g/mol. The van der Waals surface area contributed by atoms with Gasteiger partial charge in [-0.15, -0.1) is 11.3 Å². The SMILES string of the molecule is CC(C)(C)c1cc2c(s1)C(N)CCC(=O)N2. The van der Waals surface area contributed by atoms with Crippen LogP contribution < -0.4 is 11.1 Å². The number of nitrogens with one attached hydrogen (secondary N) is 1. The molecule has 0 saturated heterocycles. The molecule has 0 fully saturated rings. The molecule has 3 N–H and O–H groups in total. The molecule has 1 amide bonds. The summed E-state index contributed by atoms with van der Waals surface area (Å²) in [6.45, 7) is 6.52. The summed E-state index contributed by atoms with van der Waals surface area (Å²) in [6, 6.07) is 2.07. The summed E-state index contributed by atoms with van der Waals surface area (Å²) in [5, 5.41) is 2.94. The molecule has 88 valence electrons. The molecule has 2 rings (SSSR count). The van der Waals surface area contributed by atoms with Crippen LogP contribution in [0.1, 0.15) is 49.4 Å². The molecule has 2 heterocycles. The highest BCUT2D eigenvalue weighted by molar-refractivity contribution is 7.12. The van der Waals surface area contributed by atoms with Gasteiger partial charge in [0.2, 0.25) is 5.91 Å². The third kappa shape index (κ3) is 2.13. The van der Waals surface area contributed by atoms with E-state index in [2.05, 4.69) is 32.2 Å². The van der Waals surface area contributed by atoms with E-state index in [1.54, 1.807) is 11.3 Å². The lowest BCUT2D eigenvalue weighted by Gasteiger charge is -2.15. The number of hydrogen-bond donors (Lipinski definition) is 2. The fourth-order valence-corrected chi connectivity index (χ4v) is 2.99. The molecular weight excluding hydrogens is 220 g/mol. The van der Waals surface area contributed by atoms with Crippen LogP contribution >= 0.6 is 11.3 Å². The predicted molar refractivity (Wildman–Crippen MR) is 67.8 cm³/mol. The zero-order valence-electron chi connectivity index (χ0n) is 9.96. The Hall–Kier alpha value is -0.870. The van der Waals surface area contributed by atoms with Gasteiger partial charge >= 0.3 is 0 Å². The van der Waals surface area contributed by atoms with Crippen LogP contribution in [-0.2, 0) is 10.2 Å². The summed E-state index contributed by atoms with van der Waals surface area (Å²) in [6.07, 6.45) is 1.26. The molecule has 0 bridgehead atoms. The first-order valence-corrected chi connectivity index (χ1v) is 6.39. The summed E-state index contributed by atoms with van der Waals surface area (Å²) < 4.78 is 0. The van der Waals surface area contributed by atoms with E-state index >= 15 is 0 Å². The van der Waals surface area contributed by atoms with Gasteiger partial charge in [0.05, 0.1) is 5.69 Å². The van der Waals surface area contributed by atoms with Crippen molar-refractivity contribution < 1.29 is 4.79 Å². The Kier molecular flexibility index (Phi) is 2.80. The number of rotatable bonds is 0. The van der Waals surface area contributed by atoms with Gasteiger partial charge in [-0.2, -0.15) is 0 Å². The van der Waals surface area contributed by atoms with Crippen molar-refractivity contribution in [2.24, 2.45) is 5.73 Å². The van der Waals surface area contributed by atoms with E-state index < -0.39 is 0 Å². The van der Waals surface area contributed by atoms with E-state index in [9.17, 15) is 4.79 Å². The van der Waals surface area contributed by atoms with E-state index in [0.29, 0.717) is 6.42 Å². The average molecular weight is 238 g/mol. The molecule has 1 aromatic heterocycles. The second kappa shape index (κ2) is 3.86. The summed E-state index contributed by atoms with van der Waals surface area (Å²) in [5.74, 6) is 0.0764.